The number of amides is 1. The van der Waals surface area contributed by atoms with Crippen LogP contribution in [0.25, 0.3) is 0 Å². The van der Waals surface area contributed by atoms with Crippen LogP contribution in [0.2, 0.25) is 5.02 Å². The van der Waals surface area contributed by atoms with Gasteiger partial charge in [0.15, 0.2) is 0 Å². The number of likely N-dealkylation sites (N-methyl/N-ethyl adjacent to an activating group) is 1. The Labute approximate surface area is 119 Å². The summed E-state index contributed by atoms with van der Waals surface area (Å²) < 4.78 is 0. The molecule has 0 aliphatic heterocycles. The molecule has 0 atom stereocenters. The number of rotatable bonds is 7. The van der Waals surface area contributed by atoms with Crippen LogP contribution < -0.4 is 16.0 Å². The normalized spacial score (nSPS) is 10.6. The fourth-order valence-corrected chi connectivity index (χ4v) is 1.85. The van der Waals surface area contributed by atoms with Crippen molar-refractivity contribution in [3.8, 4) is 0 Å². The molecule has 0 unspecified atom stereocenters. The van der Waals surface area contributed by atoms with E-state index in [4.69, 9.17) is 11.6 Å². The fourth-order valence-electron chi connectivity index (χ4n) is 1.61. The van der Waals surface area contributed by atoms with E-state index in [2.05, 4.69) is 22.9 Å². The average molecular weight is 284 g/mol. The second-order valence-electron chi connectivity index (χ2n) is 4.60. The third-order valence-corrected chi connectivity index (χ3v) is 2.83. The van der Waals surface area contributed by atoms with E-state index >= 15 is 0 Å². The van der Waals surface area contributed by atoms with Crippen molar-refractivity contribution in [2.75, 3.05) is 25.0 Å². The molecular weight excluding hydrogens is 262 g/mol. The summed E-state index contributed by atoms with van der Waals surface area (Å²) >= 11 is 6.16. The lowest BCUT2D eigenvalue weighted by atomic mass is 10.2. The maximum atomic E-state index is 11.8. The molecule has 0 fully saturated rings. The van der Waals surface area contributed by atoms with Crippen LogP contribution in [0.1, 0.15) is 31.1 Å². The second kappa shape index (κ2) is 8.02. The molecule has 1 aromatic carbocycles. The molecule has 0 aromatic heterocycles. The van der Waals surface area contributed by atoms with E-state index in [1.54, 1.807) is 12.1 Å². The summed E-state index contributed by atoms with van der Waals surface area (Å²) in [5.41, 5.74) is 1.43. The molecule has 0 saturated carbocycles. The van der Waals surface area contributed by atoms with Crippen LogP contribution in [-0.2, 0) is 0 Å². The highest BCUT2D eigenvalue weighted by atomic mass is 35.5. The fraction of sp³-hybridized carbons (Fsp3) is 0.500. The van der Waals surface area contributed by atoms with Gasteiger partial charge < -0.3 is 16.0 Å². The van der Waals surface area contributed by atoms with Crippen LogP contribution >= 0.6 is 11.6 Å². The zero-order valence-corrected chi connectivity index (χ0v) is 12.5. The number of hydrogen-bond acceptors (Lipinski definition) is 3. The molecular formula is C14H22ClN3O. The standard InChI is InChI=1S/C14H22ClN3O/c1-4-16-7-8-17-13-6-5-11(9-12(13)15)14(19)18-10(2)3/h5-6,9-10,16-17H,4,7-8H2,1-3H3,(H,18,19). The van der Waals surface area contributed by atoms with E-state index in [9.17, 15) is 4.79 Å². The van der Waals surface area contributed by atoms with E-state index in [0.717, 1.165) is 25.3 Å². The lowest BCUT2D eigenvalue weighted by Gasteiger charge is -2.11. The van der Waals surface area contributed by atoms with E-state index in [1.807, 2.05) is 19.9 Å². The highest BCUT2D eigenvalue weighted by Crippen LogP contribution is 2.22. The van der Waals surface area contributed by atoms with Crippen molar-refractivity contribution < 1.29 is 4.79 Å². The van der Waals surface area contributed by atoms with E-state index in [1.165, 1.54) is 0 Å². The molecule has 1 amide bonds. The summed E-state index contributed by atoms with van der Waals surface area (Å²) in [7, 11) is 0. The highest BCUT2D eigenvalue weighted by molar-refractivity contribution is 6.33. The number of halogens is 1. The van der Waals surface area contributed by atoms with E-state index < -0.39 is 0 Å². The Morgan fingerprint density at radius 2 is 2.05 bits per heavy atom. The largest absolute Gasteiger partial charge is 0.383 e. The molecule has 0 radical (unpaired) electrons. The minimum Gasteiger partial charge on any atom is -0.383 e. The first-order valence-electron chi connectivity index (χ1n) is 6.59. The van der Waals surface area contributed by atoms with Gasteiger partial charge in [-0.15, -0.1) is 0 Å². The number of carbonyl (C=O) groups excluding carboxylic acids is 1. The van der Waals surface area contributed by atoms with Crippen molar-refractivity contribution in [3.05, 3.63) is 28.8 Å². The quantitative estimate of drug-likeness (QED) is 0.674. The van der Waals surface area contributed by atoms with Crippen molar-refractivity contribution >= 4 is 23.2 Å². The number of benzene rings is 1. The predicted molar refractivity (Wildman–Crippen MR) is 81.1 cm³/mol. The molecule has 0 aliphatic rings. The van der Waals surface area contributed by atoms with E-state index in [0.29, 0.717) is 10.6 Å². The monoisotopic (exact) mass is 283 g/mol. The molecule has 0 heterocycles. The van der Waals surface area contributed by atoms with Gasteiger partial charge in [0.1, 0.15) is 0 Å². The Balaban J connectivity index is 2.61. The Morgan fingerprint density at radius 1 is 1.32 bits per heavy atom. The lowest BCUT2D eigenvalue weighted by Crippen LogP contribution is -2.30. The minimum absolute atomic E-state index is 0.101. The number of carbonyl (C=O) groups is 1. The molecule has 19 heavy (non-hydrogen) atoms. The van der Waals surface area contributed by atoms with Crippen molar-refractivity contribution in [3.63, 3.8) is 0 Å². The minimum atomic E-state index is -0.101. The highest BCUT2D eigenvalue weighted by Gasteiger charge is 2.09. The summed E-state index contributed by atoms with van der Waals surface area (Å²) in [5, 5.41) is 9.85. The van der Waals surface area contributed by atoms with Crippen LogP contribution in [0.15, 0.2) is 18.2 Å². The Kier molecular flexibility index (Phi) is 6.67. The van der Waals surface area contributed by atoms with Crippen LogP contribution in [0.3, 0.4) is 0 Å². The van der Waals surface area contributed by atoms with Crippen LogP contribution in [0.5, 0.6) is 0 Å². The Bertz CT molecular complexity index is 421. The zero-order valence-electron chi connectivity index (χ0n) is 11.7. The molecule has 106 valence electrons. The molecule has 4 nitrogen and oxygen atoms in total. The van der Waals surface area contributed by atoms with Gasteiger partial charge in [0.25, 0.3) is 5.91 Å². The molecule has 5 heteroatoms. The van der Waals surface area contributed by atoms with Crippen molar-refractivity contribution in [2.24, 2.45) is 0 Å². The van der Waals surface area contributed by atoms with Crippen molar-refractivity contribution in [1.29, 1.82) is 0 Å². The lowest BCUT2D eigenvalue weighted by molar-refractivity contribution is 0.0943. The molecule has 0 bridgehead atoms. The van der Waals surface area contributed by atoms with Crippen molar-refractivity contribution in [2.45, 2.75) is 26.8 Å². The molecule has 1 aromatic rings. The third kappa shape index (κ3) is 5.49. The topological polar surface area (TPSA) is 53.2 Å². The number of anilines is 1. The Hall–Kier alpha value is -1.26. The van der Waals surface area contributed by atoms with Gasteiger partial charge in [-0.3, -0.25) is 4.79 Å². The SMILES string of the molecule is CCNCCNc1ccc(C(=O)NC(C)C)cc1Cl. The summed E-state index contributed by atoms with van der Waals surface area (Å²) in [5.74, 6) is -0.101. The van der Waals surface area contributed by atoms with Crippen LogP contribution in [0.4, 0.5) is 5.69 Å². The summed E-state index contributed by atoms with van der Waals surface area (Å²) in [4.78, 5) is 11.8. The van der Waals surface area contributed by atoms with Crippen LogP contribution in [0, 0.1) is 0 Å². The second-order valence-corrected chi connectivity index (χ2v) is 5.01. The average Bonchev–Trinajstić information content (AvgIpc) is 2.35. The first-order chi connectivity index (χ1) is 9.04. The smallest absolute Gasteiger partial charge is 0.251 e. The molecule has 3 N–H and O–H groups in total. The zero-order chi connectivity index (χ0) is 14.3. The number of nitrogens with one attached hydrogen (secondary N) is 3. The molecule has 0 saturated heterocycles. The maximum Gasteiger partial charge on any atom is 0.251 e. The van der Waals surface area contributed by atoms with Gasteiger partial charge in [-0.25, -0.2) is 0 Å². The van der Waals surface area contributed by atoms with Gasteiger partial charge in [0.05, 0.1) is 10.7 Å². The van der Waals surface area contributed by atoms with Gasteiger partial charge in [-0.1, -0.05) is 18.5 Å². The summed E-state index contributed by atoms with van der Waals surface area (Å²) in [6.07, 6.45) is 0. The molecule has 0 aliphatic carbocycles. The van der Waals surface area contributed by atoms with Gasteiger partial charge in [-0.2, -0.15) is 0 Å². The van der Waals surface area contributed by atoms with Gasteiger partial charge in [-0.05, 0) is 38.6 Å². The van der Waals surface area contributed by atoms with Gasteiger partial charge >= 0.3 is 0 Å². The summed E-state index contributed by atoms with van der Waals surface area (Å²) in [6.45, 7) is 8.54. The van der Waals surface area contributed by atoms with E-state index in [-0.39, 0.29) is 11.9 Å². The Morgan fingerprint density at radius 3 is 2.63 bits per heavy atom. The van der Waals surface area contributed by atoms with Gasteiger partial charge in [0.2, 0.25) is 0 Å². The third-order valence-electron chi connectivity index (χ3n) is 2.52. The van der Waals surface area contributed by atoms with Gasteiger partial charge in [0, 0.05) is 24.7 Å². The molecule has 0 spiro atoms. The van der Waals surface area contributed by atoms with Crippen molar-refractivity contribution in [1.82, 2.24) is 10.6 Å². The first-order valence-corrected chi connectivity index (χ1v) is 6.97. The predicted octanol–water partition coefficient (Wildman–Crippen LogP) is 2.50. The molecule has 1 rings (SSSR count). The number of hydrogen-bond donors (Lipinski definition) is 3. The first kappa shape index (κ1) is 15.8. The maximum absolute atomic E-state index is 11.8. The van der Waals surface area contributed by atoms with Crippen LogP contribution in [-0.4, -0.2) is 31.6 Å². The summed E-state index contributed by atoms with van der Waals surface area (Å²) in [6, 6.07) is 5.42.